The Hall–Kier alpha value is -4.14. The summed E-state index contributed by atoms with van der Waals surface area (Å²) >= 11 is 0. The Balaban J connectivity index is 1.47. The second-order valence-electron chi connectivity index (χ2n) is 10.2. The molecule has 0 saturated carbocycles. The molecule has 214 valence electrons. The number of carbonyl (C=O) groups excluding carboxylic acids is 2. The SMILES string of the molecule is CCCOc1ccc(/C(O)=C2\C(=O)C(=O)N(CCN3CCOCC3)C2c2cccc(OCc3ccccc3)c2)cc1. The van der Waals surface area contributed by atoms with Crippen LogP contribution in [0.4, 0.5) is 0 Å². The van der Waals surface area contributed by atoms with Gasteiger partial charge in [0, 0.05) is 31.7 Å². The smallest absolute Gasteiger partial charge is 0.295 e. The van der Waals surface area contributed by atoms with Gasteiger partial charge >= 0.3 is 0 Å². The number of likely N-dealkylation sites (tertiary alicyclic amines) is 1. The first-order valence-electron chi connectivity index (χ1n) is 14.1. The van der Waals surface area contributed by atoms with Crippen molar-refractivity contribution < 1.29 is 28.9 Å². The molecule has 0 bridgehead atoms. The minimum Gasteiger partial charge on any atom is -0.507 e. The Morgan fingerprint density at radius 3 is 2.39 bits per heavy atom. The molecule has 1 N–H and O–H groups in total. The quantitative estimate of drug-likeness (QED) is 0.206. The van der Waals surface area contributed by atoms with Gasteiger partial charge in [-0.15, -0.1) is 0 Å². The fraction of sp³-hybridized carbons (Fsp3) is 0.333. The van der Waals surface area contributed by atoms with E-state index in [2.05, 4.69) is 4.90 Å². The molecular formula is C33H36N2O6. The molecular weight excluding hydrogens is 520 g/mol. The van der Waals surface area contributed by atoms with Crippen LogP contribution in [0.3, 0.4) is 0 Å². The number of ether oxygens (including phenoxy) is 3. The Morgan fingerprint density at radius 1 is 0.902 bits per heavy atom. The van der Waals surface area contributed by atoms with Crippen molar-refractivity contribution in [3.8, 4) is 11.5 Å². The molecule has 1 amide bonds. The predicted octanol–water partition coefficient (Wildman–Crippen LogP) is 4.81. The predicted molar refractivity (Wildman–Crippen MR) is 156 cm³/mol. The molecule has 41 heavy (non-hydrogen) atoms. The van der Waals surface area contributed by atoms with Crippen LogP contribution in [0.25, 0.3) is 5.76 Å². The minimum absolute atomic E-state index is 0.0689. The molecule has 2 aliphatic rings. The maximum Gasteiger partial charge on any atom is 0.295 e. The van der Waals surface area contributed by atoms with Crippen molar-refractivity contribution in [1.82, 2.24) is 9.80 Å². The van der Waals surface area contributed by atoms with Crippen LogP contribution in [0.15, 0.2) is 84.4 Å². The number of carbonyl (C=O) groups is 2. The summed E-state index contributed by atoms with van der Waals surface area (Å²) in [4.78, 5) is 30.7. The van der Waals surface area contributed by atoms with E-state index in [4.69, 9.17) is 14.2 Å². The third-order valence-corrected chi connectivity index (χ3v) is 7.32. The Bertz CT molecular complexity index is 1370. The van der Waals surface area contributed by atoms with Crippen molar-refractivity contribution in [3.63, 3.8) is 0 Å². The molecule has 3 aromatic rings. The zero-order valence-electron chi connectivity index (χ0n) is 23.3. The van der Waals surface area contributed by atoms with E-state index in [1.807, 2.05) is 61.5 Å². The maximum atomic E-state index is 13.5. The van der Waals surface area contributed by atoms with Crippen LogP contribution in [0.5, 0.6) is 11.5 Å². The molecule has 3 aromatic carbocycles. The van der Waals surface area contributed by atoms with E-state index in [9.17, 15) is 14.7 Å². The first-order chi connectivity index (χ1) is 20.0. The summed E-state index contributed by atoms with van der Waals surface area (Å²) in [6, 6.07) is 23.4. The highest BCUT2D eigenvalue weighted by Crippen LogP contribution is 2.40. The third kappa shape index (κ3) is 6.78. The fourth-order valence-corrected chi connectivity index (χ4v) is 5.13. The van der Waals surface area contributed by atoms with E-state index in [0.29, 0.717) is 62.1 Å². The van der Waals surface area contributed by atoms with Gasteiger partial charge in [0.2, 0.25) is 0 Å². The normalized spacial score (nSPS) is 19.0. The average Bonchev–Trinajstić information content (AvgIpc) is 3.28. The van der Waals surface area contributed by atoms with Gasteiger partial charge in [0.15, 0.2) is 0 Å². The lowest BCUT2D eigenvalue weighted by atomic mass is 9.95. The number of hydrogen-bond donors (Lipinski definition) is 1. The second-order valence-corrected chi connectivity index (χ2v) is 10.2. The summed E-state index contributed by atoms with van der Waals surface area (Å²) < 4.78 is 17.2. The highest BCUT2D eigenvalue weighted by atomic mass is 16.5. The zero-order valence-corrected chi connectivity index (χ0v) is 23.3. The second kappa shape index (κ2) is 13.5. The van der Waals surface area contributed by atoms with Gasteiger partial charge < -0.3 is 24.2 Å². The zero-order chi connectivity index (χ0) is 28.6. The first kappa shape index (κ1) is 28.4. The lowest BCUT2D eigenvalue weighted by Crippen LogP contribution is -2.42. The fourth-order valence-electron chi connectivity index (χ4n) is 5.13. The van der Waals surface area contributed by atoms with E-state index in [1.165, 1.54) is 0 Å². The molecule has 8 heteroatoms. The van der Waals surface area contributed by atoms with Gasteiger partial charge in [0.25, 0.3) is 11.7 Å². The summed E-state index contributed by atoms with van der Waals surface area (Å²) in [5.74, 6) is -0.240. The van der Waals surface area contributed by atoms with Gasteiger partial charge in [-0.1, -0.05) is 49.4 Å². The minimum atomic E-state index is -0.757. The monoisotopic (exact) mass is 556 g/mol. The number of aliphatic hydroxyl groups is 1. The van der Waals surface area contributed by atoms with Gasteiger partial charge in [0.1, 0.15) is 23.9 Å². The van der Waals surface area contributed by atoms with Crippen molar-refractivity contribution in [2.75, 3.05) is 46.0 Å². The average molecular weight is 557 g/mol. The lowest BCUT2D eigenvalue weighted by Gasteiger charge is -2.31. The van der Waals surface area contributed by atoms with Crippen LogP contribution in [0.2, 0.25) is 0 Å². The summed E-state index contributed by atoms with van der Waals surface area (Å²) in [7, 11) is 0. The van der Waals surface area contributed by atoms with Crippen LogP contribution in [0.1, 0.15) is 36.1 Å². The van der Waals surface area contributed by atoms with Gasteiger partial charge in [-0.2, -0.15) is 0 Å². The molecule has 2 aliphatic heterocycles. The molecule has 2 heterocycles. The molecule has 1 atom stereocenters. The van der Waals surface area contributed by atoms with E-state index in [1.54, 1.807) is 29.2 Å². The topological polar surface area (TPSA) is 88.5 Å². The number of rotatable bonds is 11. The number of ketones is 1. The van der Waals surface area contributed by atoms with Crippen LogP contribution in [0, 0.1) is 0 Å². The van der Waals surface area contributed by atoms with Crippen molar-refractivity contribution in [2.24, 2.45) is 0 Å². The van der Waals surface area contributed by atoms with Crippen LogP contribution >= 0.6 is 0 Å². The Labute approximate surface area is 240 Å². The molecule has 5 rings (SSSR count). The van der Waals surface area contributed by atoms with Gasteiger partial charge in [-0.3, -0.25) is 14.5 Å². The van der Waals surface area contributed by atoms with Crippen molar-refractivity contribution in [2.45, 2.75) is 26.0 Å². The van der Waals surface area contributed by atoms with E-state index in [-0.39, 0.29) is 11.3 Å². The van der Waals surface area contributed by atoms with Crippen molar-refractivity contribution in [1.29, 1.82) is 0 Å². The number of amides is 1. The van der Waals surface area contributed by atoms with E-state index >= 15 is 0 Å². The molecule has 0 radical (unpaired) electrons. The number of Topliss-reactive ketones (excluding diaryl/α,β-unsaturated/α-hetero) is 1. The molecule has 1 unspecified atom stereocenters. The standard InChI is InChI=1S/C33H36N2O6/c1-2-19-40-27-13-11-25(12-14-27)31(36)29-30(35(33(38)32(29)37)16-15-34-17-20-39-21-18-34)26-9-6-10-28(22-26)41-23-24-7-4-3-5-8-24/h3-14,22,30,36H,2,15-21,23H2,1H3/b31-29+. The maximum absolute atomic E-state index is 13.5. The van der Waals surface area contributed by atoms with Gasteiger partial charge in [-0.25, -0.2) is 0 Å². The van der Waals surface area contributed by atoms with Crippen molar-refractivity contribution >= 4 is 17.4 Å². The van der Waals surface area contributed by atoms with Crippen LogP contribution in [-0.2, 0) is 20.9 Å². The molecule has 0 aliphatic carbocycles. The highest BCUT2D eigenvalue weighted by molar-refractivity contribution is 6.46. The van der Waals surface area contributed by atoms with E-state index < -0.39 is 17.7 Å². The molecule has 0 spiro atoms. The summed E-state index contributed by atoms with van der Waals surface area (Å²) in [6.45, 7) is 6.75. The van der Waals surface area contributed by atoms with Gasteiger partial charge in [-0.05, 0) is 53.9 Å². The molecule has 2 fully saturated rings. The molecule has 0 aromatic heterocycles. The largest absolute Gasteiger partial charge is 0.507 e. The van der Waals surface area contributed by atoms with E-state index in [0.717, 1.165) is 25.1 Å². The van der Waals surface area contributed by atoms with Crippen LogP contribution < -0.4 is 9.47 Å². The lowest BCUT2D eigenvalue weighted by molar-refractivity contribution is -0.140. The molecule has 8 nitrogen and oxygen atoms in total. The highest BCUT2D eigenvalue weighted by Gasteiger charge is 2.46. The van der Waals surface area contributed by atoms with Crippen molar-refractivity contribution in [3.05, 3.63) is 101 Å². The summed E-state index contributed by atoms with van der Waals surface area (Å²) in [5, 5.41) is 11.4. The Kier molecular flexibility index (Phi) is 9.33. The summed E-state index contributed by atoms with van der Waals surface area (Å²) in [5.41, 5.74) is 2.24. The van der Waals surface area contributed by atoms with Gasteiger partial charge in [0.05, 0.1) is 31.4 Å². The number of nitrogens with zero attached hydrogens (tertiary/aromatic N) is 2. The summed E-state index contributed by atoms with van der Waals surface area (Å²) in [6.07, 6.45) is 0.879. The number of benzene rings is 3. The number of morpholine rings is 1. The first-order valence-corrected chi connectivity index (χ1v) is 14.1. The Morgan fingerprint density at radius 2 is 1.66 bits per heavy atom. The molecule has 2 saturated heterocycles. The third-order valence-electron chi connectivity index (χ3n) is 7.32. The number of hydrogen-bond acceptors (Lipinski definition) is 7. The van der Waals surface area contributed by atoms with Crippen LogP contribution in [-0.4, -0.2) is 72.6 Å². The number of aliphatic hydroxyl groups excluding tert-OH is 1.